The number of rotatable bonds is 4. The second-order valence-electron chi connectivity index (χ2n) is 5.38. The minimum Gasteiger partial charge on any atom is -0.341 e. The molecular formula is C15H19N5OS. The van der Waals surface area contributed by atoms with E-state index in [2.05, 4.69) is 20.3 Å². The van der Waals surface area contributed by atoms with Gasteiger partial charge in [-0.15, -0.1) is 11.3 Å². The first-order chi connectivity index (χ1) is 10.8. The lowest BCUT2D eigenvalue weighted by Gasteiger charge is -2.32. The van der Waals surface area contributed by atoms with Gasteiger partial charge in [0.25, 0.3) is 0 Å². The Morgan fingerprint density at radius 2 is 2.41 bits per heavy atom. The first-order valence-corrected chi connectivity index (χ1v) is 8.30. The molecule has 2 aromatic heterocycles. The number of thiazole rings is 1. The number of hydrogen-bond donors (Lipinski definition) is 1. The van der Waals surface area contributed by atoms with E-state index in [1.54, 1.807) is 18.6 Å². The van der Waals surface area contributed by atoms with Gasteiger partial charge in [0, 0.05) is 36.9 Å². The molecule has 0 aliphatic carbocycles. The van der Waals surface area contributed by atoms with Gasteiger partial charge in [-0.3, -0.25) is 14.8 Å². The van der Waals surface area contributed by atoms with Gasteiger partial charge in [0.2, 0.25) is 5.91 Å². The summed E-state index contributed by atoms with van der Waals surface area (Å²) in [5, 5.41) is 6.00. The third-order valence-corrected chi connectivity index (χ3v) is 4.76. The Morgan fingerprint density at radius 1 is 1.50 bits per heavy atom. The van der Waals surface area contributed by atoms with Crippen molar-refractivity contribution in [1.82, 2.24) is 25.2 Å². The SMILES string of the molecule is CNC1CCCN(C(=O)Cc2csc(-c3cnccn3)n2)C1. The maximum Gasteiger partial charge on any atom is 0.228 e. The van der Waals surface area contributed by atoms with E-state index < -0.39 is 0 Å². The number of amides is 1. The van der Waals surface area contributed by atoms with Gasteiger partial charge >= 0.3 is 0 Å². The zero-order valence-corrected chi connectivity index (χ0v) is 13.3. The van der Waals surface area contributed by atoms with Gasteiger partial charge in [-0.2, -0.15) is 0 Å². The normalized spacial score (nSPS) is 18.4. The molecule has 7 heteroatoms. The maximum absolute atomic E-state index is 12.4. The van der Waals surface area contributed by atoms with Gasteiger partial charge in [-0.1, -0.05) is 0 Å². The highest BCUT2D eigenvalue weighted by molar-refractivity contribution is 7.13. The Kier molecular flexibility index (Phi) is 4.74. The lowest BCUT2D eigenvalue weighted by atomic mass is 10.1. The maximum atomic E-state index is 12.4. The zero-order valence-electron chi connectivity index (χ0n) is 12.5. The predicted molar refractivity (Wildman–Crippen MR) is 85.5 cm³/mol. The summed E-state index contributed by atoms with van der Waals surface area (Å²) in [4.78, 5) is 27.1. The van der Waals surface area contributed by atoms with Crippen molar-refractivity contribution in [1.29, 1.82) is 0 Å². The van der Waals surface area contributed by atoms with Crippen molar-refractivity contribution in [3.8, 4) is 10.7 Å². The first kappa shape index (κ1) is 15.1. The number of carbonyl (C=O) groups is 1. The van der Waals surface area contributed by atoms with E-state index in [4.69, 9.17) is 0 Å². The van der Waals surface area contributed by atoms with Crippen molar-refractivity contribution in [3.63, 3.8) is 0 Å². The second-order valence-corrected chi connectivity index (χ2v) is 6.24. The molecule has 1 N–H and O–H groups in total. The van der Waals surface area contributed by atoms with Crippen molar-refractivity contribution in [2.45, 2.75) is 25.3 Å². The van der Waals surface area contributed by atoms with Crippen LogP contribution >= 0.6 is 11.3 Å². The molecule has 0 bridgehead atoms. The molecule has 3 rings (SSSR count). The zero-order chi connectivity index (χ0) is 15.4. The number of aromatic nitrogens is 3. The molecule has 3 heterocycles. The van der Waals surface area contributed by atoms with Crippen LogP contribution < -0.4 is 5.32 Å². The van der Waals surface area contributed by atoms with Crippen LogP contribution in [0.4, 0.5) is 0 Å². The standard InChI is InChI=1S/C15H19N5OS/c1-16-11-3-2-6-20(9-11)14(21)7-12-10-22-15(19-12)13-8-17-4-5-18-13/h4-5,8,10-11,16H,2-3,6-7,9H2,1H3. The average molecular weight is 317 g/mol. The fourth-order valence-electron chi connectivity index (χ4n) is 2.62. The van der Waals surface area contributed by atoms with Crippen LogP contribution in [0.25, 0.3) is 10.7 Å². The molecule has 1 saturated heterocycles. The second kappa shape index (κ2) is 6.93. The number of carbonyl (C=O) groups excluding carboxylic acids is 1. The van der Waals surface area contributed by atoms with E-state index in [0.29, 0.717) is 12.5 Å². The summed E-state index contributed by atoms with van der Waals surface area (Å²) < 4.78 is 0. The topological polar surface area (TPSA) is 71.0 Å². The van der Waals surface area contributed by atoms with Gasteiger partial charge in [-0.05, 0) is 19.9 Å². The summed E-state index contributed by atoms with van der Waals surface area (Å²) >= 11 is 1.50. The molecule has 6 nitrogen and oxygen atoms in total. The van der Waals surface area contributed by atoms with Crippen LogP contribution in [0.15, 0.2) is 24.0 Å². The average Bonchev–Trinajstić information content (AvgIpc) is 3.04. The van der Waals surface area contributed by atoms with E-state index in [1.165, 1.54) is 11.3 Å². The minimum absolute atomic E-state index is 0.149. The highest BCUT2D eigenvalue weighted by Gasteiger charge is 2.23. The summed E-state index contributed by atoms with van der Waals surface area (Å²) in [7, 11) is 1.95. The van der Waals surface area contributed by atoms with Crippen molar-refractivity contribution in [2.24, 2.45) is 0 Å². The Balaban J connectivity index is 1.64. The minimum atomic E-state index is 0.149. The molecule has 22 heavy (non-hydrogen) atoms. The highest BCUT2D eigenvalue weighted by atomic mass is 32.1. The van der Waals surface area contributed by atoms with Crippen LogP contribution in [-0.4, -0.2) is 51.9 Å². The van der Waals surface area contributed by atoms with Crippen LogP contribution in [0.3, 0.4) is 0 Å². The molecule has 0 radical (unpaired) electrons. The summed E-state index contributed by atoms with van der Waals surface area (Å²) in [6.45, 7) is 1.63. The third kappa shape index (κ3) is 3.48. The number of piperidine rings is 1. The molecule has 2 aromatic rings. The fraction of sp³-hybridized carbons (Fsp3) is 0.467. The molecule has 1 unspecified atom stereocenters. The number of likely N-dealkylation sites (N-methyl/N-ethyl adjacent to an activating group) is 1. The molecule has 1 amide bonds. The van der Waals surface area contributed by atoms with Gasteiger partial charge in [0.15, 0.2) is 0 Å². The lowest BCUT2D eigenvalue weighted by Crippen LogP contribution is -2.47. The fourth-order valence-corrected chi connectivity index (χ4v) is 3.40. The molecule has 0 spiro atoms. The molecular weight excluding hydrogens is 298 g/mol. The summed E-state index contributed by atoms with van der Waals surface area (Å²) in [6, 6.07) is 0.406. The molecule has 1 atom stereocenters. The third-order valence-electron chi connectivity index (χ3n) is 3.85. The number of nitrogens with zero attached hydrogens (tertiary/aromatic N) is 4. The van der Waals surface area contributed by atoms with Crippen molar-refractivity contribution >= 4 is 17.2 Å². The Bertz CT molecular complexity index is 630. The molecule has 1 aliphatic heterocycles. The van der Waals surface area contributed by atoms with E-state index in [-0.39, 0.29) is 5.91 Å². The van der Waals surface area contributed by atoms with Gasteiger partial charge in [0.1, 0.15) is 10.7 Å². The van der Waals surface area contributed by atoms with Crippen molar-refractivity contribution < 1.29 is 4.79 Å². The Morgan fingerprint density at radius 3 is 3.18 bits per heavy atom. The Labute approximate surface area is 133 Å². The van der Waals surface area contributed by atoms with Gasteiger partial charge in [-0.25, -0.2) is 4.98 Å². The molecule has 0 aromatic carbocycles. The smallest absolute Gasteiger partial charge is 0.228 e. The van der Waals surface area contributed by atoms with Crippen LogP contribution in [0, 0.1) is 0 Å². The van der Waals surface area contributed by atoms with E-state index >= 15 is 0 Å². The largest absolute Gasteiger partial charge is 0.341 e. The van der Waals surface area contributed by atoms with Crippen LogP contribution in [0.5, 0.6) is 0 Å². The number of nitrogens with one attached hydrogen (secondary N) is 1. The number of likely N-dealkylation sites (tertiary alicyclic amines) is 1. The molecule has 1 aliphatic rings. The predicted octanol–water partition coefficient (Wildman–Crippen LogP) is 1.35. The molecule has 0 saturated carbocycles. The lowest BCUT2D eigenvalue weighted by molar-refractivity contribution is -0.131. The van der Waals surface area contributed by atoms with Crippen molar-refractivity contribution in [3.05, 3.63) is 29.7 Å². The quantitative estimate of drug-likeness (QED) is 0.922. The van der Waals surface area contributed by atoms with Gasteiger partial charge in [0.05, 0.1) is 18.3 Å². The summed E-state index contributed by atoms with van der Waals surface area (Å²) in [5.41, 5.74) is 1.56. The number of hydrogen-bond acceptors (Lipinski definition) is 6. The van der Waals surface area contributed by atoms with E-state index in [0.717, 1.165) is 42.3 Å². The van der Waals surface area contributed by atoms with Crippen LogP contribution in [0.1, 0.15) is 18.5 Å². The Hall–Kier alpha value is -1.86. The van der Waals surface area contributed by atoms with Crippen molar-refractivity contribution in [2.75, 3.05) is 20.1 Å². The monoisotopic (exact) mass is 317 g/mol. The molecule has 1 fully saturated rings. The van der Waals surface area contributed by atoms with Crippen LogP contribution in [-0.2, 0) is 11.2 Å². The summed E-state index contributed by atoms with van der Waals surface area (Å²) in [6.07, 6.45) is 7.51. The first-order valence-electron chi connectivity index (χ1n) is 7.42. The van der Waals surface area contributed by atoms with E-state index in [1.807, 2.05) is 17.3 Å². The van der Waals surface area contributed by atoms with E-state index in [9.17, 15) is 4.79 Å². The summed E-state index contributed by atoms with van der Waals surface area (Å²) in [5.74, 6) is 0.149. The van der Waals surface area contributed by atoms with Crippen LogP contribution in [0.2, 0.25) is 0 Å². The molecule has 116 valence electrons. The van der Waals surface area contributed by atoms with Gasteiger partial charge < -0.3 is 10.2 Å². The highest BCUT2D eigenvalue weighted by Crippen LogP contribution is 2.21.